The van der Waals surface area contributed by atoms with Gasteiger partial charge in [0.25, 0.3) is 0 Å². The molecule has 5 nitrogen and oxygen atoms in total. The number of rotatable bonds is 4. The van der Waals surface area contributed by atoms with Crippen molar-refractivity contribution in [3.63, 3.8) is 0 Å². The Kier molecular flexibility index (Phi) is 4.74. The third kappa shape index (κ3) is 3.17. The van der Waals surface area contributed by atoms with E-state index in [4.69, 9.17) is 10.5 Å². The van der Waals surface area contributed by atoms with E-state index in [9.17, 15) is 9.59 Å². The second kappa shape index (κ2) is 6.52. The summed E-state index contributed by atoms with van der Waals surface area (Å²) in [6, 6.07) is 7.18. The third-order valence-electron chi connectivity index (χ3n) is 3.69. The van der Waals surface area contributed by atoms with Gasteiger partial charge < -0.3 is 15.8 Å². The van der Waals surface area contributed by atoms with Gasteiger partial charge in [-0.05, 0) is 43.5 Å². The van der Waals surface area contributed by atoms with Crippen LogP contribution >= 0.6 is 0 Å². The van der Waals surface area contributed by atoms with Gasteiger partial charge in [-0.15, -0.1) is 0 Å². The molecular formula is C15H20N2O3. The summed E-state index contributed by atoms with van der Waals surface area (Å²) >= 11 is 0. The lowest BCUT2D eigenvalue weighted by Gasteiger charge is -2.30. The maximum absolute atomic E-state index is 12.0. The quantitative estimate of drug-likeness (QED) is 0.805. The number of ether oxygens (including phenoxy) is 1. The Labute approximate surface area is 118 Å². The monoisotopic (exact) mass is 276 g/mol. The van der Waals surface area contributed by atoms with E-state index in [1.807, 2.05) is 19.1 Å². The predicted octanol–water partition coefficient (Wildman–Crippen LogP) is 1.04. The van der Waals surface area contributed by atoms with E-state index in [2.05, 4.69) is 5.32 Å². The van der Waals surface area contributed by atoms with E-state index in [1.165, 1.54) is 0 Å². The van der Waals surface area contributed by atoms with E-state index in [1.54, 1.807) is 12.1 Å². The van der Waals surface area contributed by atoms with Crippen LogP contribution in [0.15, 0.2) is 24.3 Å². The van der Waals surface area contributed by atoms with Gasteiger partial charge in [0, 0.05) is 12.1 Å². The van der Waals surface area contributed by atoms with Crippen molar-refractivity contribution in [3.8, 4) is 0 Å². The first-order chi connectivity index (χ1) is 9.63. The minimum absolute atomic E-state index is 0.122. The number of nitrogens with one attached hydrogen (secondary N) is 1. The van der Waals surface area contributed by atoms with Crippen molar-refractivity contribution in [2.24, 2.45) is 11.7 Å². The molecule has 1 fully saturated rings. The van der Waals surface area contributed by atoms with Crippen molar-refractivity contribution < 1.29 is 14.3 Å². The summed E-state index contributed by atoms with van der Waals surface area (Å²) in [6.07, 6.45) is 0.874. The number of esters is 1. The average molecular weight is 276 g/mol. The molecule has 1 amide bonds. The lowest BCUT2D eigenvalue weighted by Crippen LogP contribution is -2.40. The number of primary amides is 1. The Bertz CT molecular complexity index is 484. The molecular weight excluding hydrogens is 256 g/mol. The van der Waals surface area contributed by atoms with Gasteiger partial charge in [-0.25, -0.2) is 0 Å². The van der Waals surface area contributed by atoms with Crippen LogP contribution in [0.1, 0.15) is 35.2 Å². The molecule has 0 aliphatic carbocycles. The number of hydrogen-bond acceptors (Lipinski definition) is 4. The largest absolute Gasteiger partial charge is 0.466 e. The SMILES string of the molecule is CCOC(=O)[C@@H]1CNCCC1c1ccc(C(N)=O)cc1. The fourth-order valence-corrected chi connectivity index (χ4v) is 2.65. The van der Waals surface area contributed by atoms with Crippen molar-refractivity contribution in [2.75, 3.05) is 19.7 Å². The molecule has 20 heavy (non-hydrogen) atoms. The van der Waals surface area contributed by atoms with Gasteiger partial charge in [0.2, 0.25) is 5.91 Å². The smallest absolute Gasteiger partial charge is 0.310 e. The number of amides is 1. The molecule has 0 bridgehead atoms. The first-order valence-electron chi connectivity index (χ1n) is 6.90. The van der Waals surface area contributed by atoms with Crippen molar-refractivity contribution in [2.45, 2.75) is 19.3 Å². The van der Waals surface area contributed by atoms with Gasteiger partial charge in [0.1, 0.15) is 0 Å². The van der Waals surface area contributed by atoms with Gasteiger partial charge in [-0.1, -0.05) is 12.1 Å². The highest BCUT2D eigenvalue weighted by Crippen LogP contribution is 2.31. The molecule has 2 atom stereocenters. The Morgan fingerprint density at radius 1 is 1.35 bits per heavy atom. The summed E-state index contributed by atoms with van der Waals surface area (Å²) in [4.78, 5) is 23.1. The van der Waals surface area contributed by atoms with Crippen LogP contribution in [0.2, 0.25) is 0 Å². The molecule has 1 aromatic rings. The molecule has 5 heteroatoms. The van der Waals surface area contributed by atoms with E-state index >= 15 is 0 Å². The normalized spacial score (nSPS) is 22.2. The molecule has 0 radical (unpaired) electrons. The Morgan fingerprint density at radius 3 is 2.65 bits per heavy atom. The number of hydrogen-bond donors (Lipinski definition) is 2. The second-order valence-electron chi connectivity index (χ2n) is 4.94. The van der Waals surface area contributed by atoms with Crippen LogP contribution < -0.4 is 11.1 Å². The lowest BCUT2D eigenvalue weighted by atomic mass is 9.81. The summed E-state index contributed by atoms with van der Waals surface area (Å²) in [5.41, 5.74) is 6.77. The summed E-state index contributed by atoms with van der Waals surface area (Å²) in [7, 11) is 0. The highest BCUT2D eigenvalue weighted by atomic mass is 16.5. The first-order valence-corrected chi connectivity index (χ1v) is 6.90. The number of carbonyl (C=O) groups excluding carboxylic acids is 2. The standard InChI is InChI=1S/C15H20N2O3/c1-2-20-15(19)13-9-17-8-7-12(13)10-3-5-11(6-4-10)14(16)18/h3-6,12-13,17H,2,7-9H2,1H3,(H2,16,18)/t12?,13-/m1/s1. The van der Waals surface area contributed by atoms with Crippen LogP contribution in [0.4, 0.5) is 0 Å². The Morgan fingerprint density at radius 2 is 2.05 bits per heavy atom. The van der Waals surface area contributed by atoms with Crippen LogP contribution in [0.5, 0.6) is 0 Å². The molecule has 0 aromatic heterocycles. The van der Waals surface area contributed by atoms with Gasteiger partial charge in [-0.3, -0.25) is 9.59 Å². The van der Waals surface area contributed by atoms with Gasteiger partial charge in [0.15, 0.2) is 0 Å². The molecule has 108 valence electrons. The van der Waals surface area contributed by atoms with E-state index in [0.29, 0.717) is 18.7 Å². The van der Waals surface area contributed by atoms with E-state index < -0.39 is 5.91 Å². The molecule has 3 N–H and O–H groups in total. The number of nitrogens with two attached hydrogens (primary N) is 1. The Hall–Kier alpha value is -1.88. The second-order valence-corrected chi connectivity index (χ2v) is 4.94. The first kappa shape index (κ1) is 14.5. The lowest BCUT2D eigenvalue weighted by molar-refractivity contribution is -0.149. The topological polar surface area (TPSA) is 81.4 Å². The molecule has 1 aliphatic heterocycles. The summed E-state index contributed by atoms with van der Waals surface area (Å²) < 4.78 is 5.14. The van der Waals surface area contributed by atoms with Crippen molar-refractivity contribution in [1.29, 1.82) is 0 Å². The highest BCUT2D eigenvalue weighted by molar-refractivity contribution is 5.92. The van der Waals surface area contributed by atoms with Crippen LogP contribution in [-0.4, -0.2) is 31.6 Å². The van der Waals surface area contributed by atoms with Crippen LogP contribution in [-0.2, 0) is 9.53 Å². The average Bonchev–Trinajstić information content (AvgIpc) is 2.47. The zero-order valence-electron chi connectivity index (χ0n) is 11.6. The molecule has 1 aromatic carbocycles. The minimum Gasteiger partial charge on any atom is -0.466 e. The maximum Gasteiger partial charge on any atom is 0.310 e. The van der Waals surface area contributed by atoms with Crippen LogP contribution in [0.3, 0.4) is 0 Å². The summed E-state index contributed by atoms with van der Waals surface area (Å²) in [5.74, 6) is -0.659. The zero-order valence-corrected chi connectivity index (χ0v) is 11.6. The third-order valence-corrected chi connectivity index (χ3v) is 3.69. The highest BCUT2D eigenvalue weighted by Gasteiger charge is 2.32. The van der Waals surface area contributed by atoms with Gasteiger partial charge in [0.05, 0.1) is 12.5 Å². The minimum atomic E-state index is -0.441. The molecule has 1 saturated heterocycles. The molecule has 0 spiro atoms. The number of piperidine rings is 1. The Balaban J connectivity index is 2.18. The molecule has 2 rings (SSSR count). The molecule has 0 saturated carbocycles. The zero-order chi connectivity index (χ0) is 14.5. The van der Waals surface area contributed by atoms with E-state index in [0.717, 1.165) is 18.5 Å². The molecule has 1 unspecified atom stereocenters. The number of benzene rings is 1. The maximum atomic E-state index is 12.0. The molecule has 1 aliphatic rings. The predicted molar refractivity (Wildman–Crippen MR) is 75.3 cm³/mol. The fraction of sp³-hybridized carbons (Fsp3) is 0.467. The van der Waals surface area contributed by atoms with E-state index in [-0.39, 0.29) is 17.8 Å². The molecule has 1 heterocycles. The van der Waals surface area contributed by atoms with Gasteiger partial charge >= 0.3 is 5.97 Å². The van der Waals surface area contributed by atoms with Crippen LogP contribution in [0, 0.1) is 5.92 Å². The fourth-order valence-electron chi connectivity index (χ4n) is 2.65. The van der Waals surface area contributed by atoms with Crippen molar-refractivity contribution in [3.05, 3.63) is 35.4 Å². The summed E-state index contributed by atoms with van der Waals surface area (Å²) in [5, 5.41) is 3.23. The summed E-state index contributed by atoms with van der Waals surface area (Å²) in [6.45, 7) is 3.70. The number of carbonyl (C=O) groups is 2. The van der Waals surface area contributed by atoms with Gasteiger partial charge in [-0.2, -0.15) is 0 Å². The van der Waals surface area contributed by atoms with Crippen molar-refractivity contribution in [1.82, 2.24) is 5.32 Å². The van der Waals surface area contributed by atoms with Crippen molar-refractivity contribution >= 4 is 11.9 Å². The van der Waals surface area contributed by atoms with Crippen LogP contribution in [0.25, 0.3) is 0 Å².